The van der Waals surface area contributed by atoms with E-state index in [0.29, 0.717) is 11.3 Å². The summed E-state index contributed by atoms with van der Waals surface area (Å²) >= 11 is 1.49. The van der Waals surface area contributed by atoms with Crippen molar-refractivity contribution in [2.45, 2.75) is 13.0 Å². The van der Waals surface area contributed by atoms with E-state index in [2.05, 4.69) is 10.6 Å². The minimum atomic E-state index is -0.731. The molecule has 110 valence electrons. The van der Waals surface area contributed by atoms with Crippen LogP contribution in [0.3, 0.4) is 0 Å². The molecule has 0 bridgehead atoms. The van der Waals surface area contributed by atoms with Crippen molar-refractivity contribution < 1.29 is 14.7 Å². The van der Waals surface area contributed by atoms with Gasteiger partial charge in [-0.1, -0.05) is 12.1 Å². The van der Waals surface area contributed by atoms with Gasteiger partial charge in [0.25, 0.3) is 0 Å². The molecule has 1 heterocycles. The number of aliphatic hydroxyl groups excluding tert-OH is 1. The Hall–Kier alpha value is -2.18. The summed E-state index contributed by atoms with van der Waals surface area (Å²) in [6.07, 6.45) is -0.731. The fourth-order valence-corrected chi connectivity index (χ4v) is 2.47. The quantitative estimate of drug-likeness (QED) is 0.743. The molecule has 0 radical (unpaired) electrons. The second-order valence-corrected chi connectivity index (χ2v) is 5.32. The van der Waals surface area contributed by atoms with Crippen molar-refractivity contribution in [1.29, 1.82) is 0 Å². The number of Topliss-reactive ketones (excluding diaryl/α,β-unsaturated/α-hetero) is 1. The molecule has 2 amide bonds. The highest BCUT2D eigenvalue weighted by molar-refractivity contribution is 7.07. The zero-order valence-electron chi connectivity index (χ0n) is 11.5. The Bertz CT molecular complexity index is 626. The van der Waals surface area contributed by atoms with Gasteiger partial charge in [-0.25, -0.2) is 4.79 Å². The third kappa shape index (κ3) is 4.40. The standard InChI is InChI=1S/C15H16N2O3S/c1-10(18)11-3-2-4-13(7-11)17-15(20)16-8-14(19)12-5-6-21-9-12/h2-7,9,14,19H,8H2,1H3,(H2,16,17,20). The van der Waals surface area contributed by atoms with E-state index in [0.717, 1.165) is 5.56 Å². The number of hydrogen-bond acceptors (Lipinski definition) is 4. The molecule has 0 aliphatic carbocycles. The molecule has 0 spiro atoms. The van der Waals surface area contributed by atoms with Gasteiger partial charge < -0.3 is 15.7 Å². The summed E-state index contributed by atoms with van der Waals surface area (Å²) in [5.41, 5.74) is 1.84. The average molecular weight is 304 g/mol. The van der Waals surface area contributed by atoms with Crippen molar-refractivity contribution in [3.63, 3.8) is 0 Å². The molecule has 0 fully saturated rings. The number of benzene rings is 1. The highest BCUT2D eigenvalue weighted by Gasteiger charge is 2.10. The van der Waals surface area contributed by atoms with E-state index in [1.807, 2.05) is 16.8 Å². The van der Waals surface area contributed by atoms with E-state index < -0.39 is 12.1 Å². The maximum absolute atomic E-state index is 11.8. The van der Waals surface area contributed by atoms with Crippen LogP contribution < -0.4 is 10.6 Å². The molecule has 2 aromatic rings. The number of anilines is 1. The largest absolute Gasteiger partial charge is 0.387 e. The van der Waals surface area contributed by atoms with E-state index in [-0.39, 0.29) is 12.3 Å². The number of nitrogens with one attached hydrogen (secondary N) is 2. The summed E-state index contributed by atoms with van der Waals surface area (Å²) in [6.45, 7) is 1.59. The van der Waals surface area contributed by atoms with E-state index >= 15 is 0 Å². The molecule has 0 saturated carbocycles. The number of thiophene rings is 1. The second kappa shape index (κ2) is 7.01. The Balaban J connectivity index is 1.87. The minimum Gasteiger partial charge on any atom is -0.387 e. The lowest BCUT2D eigenvalue weighted by Crippen LogP contribution is -2.32. The molecule has 1 aromatic heterocycles. The summed E-state index contributed by atoms with van der Waals surface area (Å²) in [6, 6.07) is 8.08. The van der Waals surface area contributed by atoms with Crippen molar-refractivity contribution in [1.82, 2.24) is 5.32 Å². The number of carbonyl (C=O) groups is 2. The second-order valence-electron chi connectivity index (χ2n) is 4.54. The van der Waals surface area contributed by atoms with Crippen LogP contribution in [0.5, 0.6) is 0 Å². The van der Waals surface area contributed by atoms with Gasteiger partial charge in [-0.15, -0.1) is 0 Å². The van der Waals surface area contributed by atoms with Gasteiger partial charge in [0.1, 0.15) is 0 Å². The molecule has 3 N–H and O–H groups in total. The predicted octanol–water partition coefficient (Wildman–Crippen LogP) is 2.81. The van der Waals surface area contributed by atoms with E-state index in [4.69, 9.17) is 0 Å². The van der Waals surface area contributed by atoms with Crippen LogP contribution in [0.1, 0.15) is 28.9 Å². The highest BCUT2D eigenvalue weighted by Crippen LogP contribution is 2.15. The SMILES string of the molecule is CC(=O)c1cccc(NC(=O)NCC(O)c2ccsc2)c1. The number of rotatable bonds is 5. The van der Waals surface area contributed by atoms with Gasteiger partial charge in [0.2, 0.25) is 0 Å². The number of amides is 2. The third-order valence-electron chi connectivity index (χ3n) is 2.91. The normalized spacial score (nSPS) is 11.7. The minimum absolute atomic E-state index is 0.0630. The number of ketones is 1. The van der Waals surface area contributed by atoms with Crippen LogP contribution >= 0.6 is 11.3 Å². The first-order valence-corrected chi connectivity index (χ1v) is 7.36. The number of carbonyl (C=O) groups excluding carboxylic acids is 2. The van der Waals surface area contributed by atoms with Crippen LogP contribution in [-0.2, 0) is 0 Å². The first kappa shape index (κ1) is 15.2. The third-order valence-corrected chi connectivity index (χ3v) is 3.61. The van der Waals surface area contributed by atoms with Crippen molar-refractivity contribution in [3.05, 3.63) is 52.2 Å². The van der Waals surface area contributed by atoms with Gasteiger partial charge in [-0.3, -0.25) is 4.79 Å². The summed E-state index contributed by atoms with van der Waals surface area (Å²) in [5, 5.41) is 18.8. The summed E-state index contributed by atoms with van der Waals surface area (Å²) in [7, 11) is 0. The van der Waals surface area contributed by atoms with Gasteiger partial charge >= 0.3 is 6.03 Å². The van der Waals surface area contributed by atoms with Crippen molar-refractivity contribution in [2.75, 3.05) is 11.9 Å². The van der Waals surface area contributed by atoms with E-state index in [9.17, 15) is 14.7 Å². The number of aliphatic hydroxyl groups is 1. The lowest BCUT2D eigenvalue weighted by atomic mass is 10.1. The Morgan fingerprint density at radius 1 is 1.33 bits per heavy atom. The molecule has 5 nitrogen and oxygen atoms in total. The van der Waals surface area contributed by atoms with Gasteiger partial charge in [-0.05, 0) is 41.4 Å². The number of urea groups is 1. The molecular formula is C15H16N2O3S. The van der Waals surface area contributed by atoms with Crippen molar-refractivity contribution in [3.8, 4) is 0 Å². The molecule has 1 aromatic carbocycles. The van der Waals surface area contributed by atoms with Crippen LogP contribution in [0.4, 0.5) is 10.5 Å². The predicted molar refractivity (Wildman–Crippen MR) is 82.7 cm³/mol. The lowest BCUT2D eigenvalue weighted by molar-refractivity contribution is 0.101. The maximum atomic E-state index is 11.8. The van der Waals surface area contributed by atoms with Crippen LogP contribution in [0.15, 0.2) is 41.1 Å². The molecule has 1 unspecified atom stereocenters. The molecule has 0 aliphatic rings. The monoisotopic (exact) mass is 304 g/mol. The fraction of sp³-hybridized carbons (Fsp3) is 0.200. The Morgan fingerprint density at radius 3 is 2.81 bits per heavy atom. The van der Waals surface area contributed by atoms with Crippen LogP contribution in [-0.4, -0.2) is 23.5 Å². The van der Waals surface area contributed by atoms with Crippen molar-refractivity contribution in [2.24, 2.45) is 0 Å². The molecule has 0 aliphatic heterocycles. The zero-order chi connectivity index (χ0) is 15.2. The van der Waals surface area contributed by atoms with Gasteiger partial charge in [0.05, 0.1) is 6.10 Å². The number of hydrogen-bond donors (Lipinski definition) is 3. The summed E-state index contributed by atoms with van der Waals surface area (Å²) in [4.78, 5) is 23.0. The molecular weight excluding hydrogens is 288 g/mol. The van der Waals surface area contributed by atoms with Gasteiger partial charge in [0, 0.05) is 17.8 Å². The highest BCUT2D eigenvalue weighted by atomic mass is 32.1. The molecule has 0 saturated heterocycles. The van der Waals surface area contributed by atoms with Crippen LogP contribution in [0, 0.1) is 0 Å². The average Bonchev–Trinajstić information content (AvgIpc) is 2.99. The summed E-state index contributed by atoms with van der Waals surface area (Å²) in [5.74, 6) is -0.0630. The Kier molecular flexibility index (Phi) is 5.08. The molecule has 21 heavy (non-hydrogen) atoms. The van der Waals surface area contributed by atoms with E-state index in [1.165, 1.54) is 18.3 Å². The lowest BCUT2D eigenvalue weighted by Gasteiger charge is -2.12. The zero-order valence-corrected chi connectivity index (χ0v) is 12.3. The topological polar surface area (TPSA) is 78.4 Å². The maximum Gasteiger partial charge on any atom is 0.319 e. The molecule has 2 rings (SSSR count). The van der Waals surface area contributed by atoms with Crippen molar-refractivity contribution >= 4 is 28.8 Å². The summed E-state index contributed by atoms with van der Waals surface area (Å²) < 4.78 is 0. The smallest absolute Gasteiger partial charge is 0.319 e. The van der Waals surface area contributed by atoms with E-state index in [1.54, 1.807) is 24.3 Å². The van der Waals surface area contributed by atoms with Crippen LogP contribution in [0.25, 0.3) is 0 Å². The van der Waals surface area contributed by atoms with Crippen LogP contribution in [0.2, 0.25) is 0 Å². The Labute approximate surface area is 126 Å². The first-order chi connectivity index (χ1) is 10.1. The molecule has 1 atom stereocenters. The Morgan fingerprint density at radius 2 is 2.14 bits per heavy atom. The molecule has 6 heteroatoms. The van der Waals surface area contributed by atoms with Gasteiger partial charge in [-0.2, -0.15) is 11.3 Å². The fourth-order valence-electron chi connectivity index (χ4n) is 1.76. The van der Waals surface area contributed by atoms with Gasteiger partial charge in [0.15, 0.2) is 5.78 Å². The first-order valence-electron chi connectivity index (χ1n) is 6.42.